The monoisotopic (exact) mass is 203 g/mol. The van der Waals surface area contributed by atoms with Crippen molar-refractivity contribution in [3.63, 3.8) is 0 Å². The molecule has 0 amide bonds. The Morgan fingerprint density at radius 3 is 2.38 bits per heavy atom. The summed E-state index contributed by atoms with van der Waals surface area (Å²) in [6.45, 7) is 0.414. The lowest BCUT2D eigenvalue weighted by atomic mass is 10.2. The van der Waals surface area contributed by atoms with Crippen LogP contribution in [0.3, 0.4) is 0 Å². The van der Waals surface area contributed by atoms with E-state index in [1.165, 1.54) is 24.3 Å². The van der Waals surface area contributed by atoms with E-state index < -0.39 is 14.3 Å². The molecule has 13 heavy (non-hydrogen) atoms. The van der Waals surface area contributed by atoms with Crippen LogP contribution in [-0.4, -0.2) is 6.66 Å². The summed E-state index contributed by atoms with van der Waals surface area (Å²) in [4.78, 5) is 10.7. The number of hydrogen-bond acceptors (Lipinski definition) is 3. The maximum Gasteiger partial charge on any atom is 0.181 e. The molecule has 0 radical (unpaired) electrons. The Labute approximate surface area is 75.7 Å². The Balaban J connectivity index is 2.76. The minimum absolute atomic E-state index is 0.207. The van der Waals surface area contributed by atoms with Crippen molar-refractivity contribution >= 4 is 7.60 Å². The normalized spacial score (nSPS) is 15.0. The van der Waals surface area contributed by atoms with Gasteiger partial charge in [0, 0.05) is 6.66 Å². The van der Waals surface area contributed by atoms with Crippen LogP contribution in [0.4, 0.5) is 4.39 Å². The van der Waals surface area contributed by atoms with Crippen LogP contribution >= 0.6 is 7.60 Å². The summed E-state index contributed by atoms with van der Waals surface area (Å²) in [6.07, 6.45) is 0. The fraction of sp³-hybridized carbons (Fsp3) is 0.250. The second-order valence-electron chi connectivity index (χ2n) is 2.64. The van der Waals surface area contributed by atoms with Gasteiger partial charge in [0.15, 0.2) is 7.60 Å². The third kappa shape index (κ3) is 3.57. The molecule has 0 aromatic heterocycles. The Kier molecular flexibility index (Phi) is 3.07. The fourth-order valence-corrected chi connectivity index (χ4v) is 1.34. The van der Waals surface area contributed by atoms with Gasteiger partial charge in [0.25, 0.3) is 0 Å². The topological polar surface area (TPSA) is 49.4 Å². The summed E-state index contributed by atoms with van der Waals surface area (Å²) < 4.78 is 27.3. The van der Waals surface area contributed by atoms with E-state index in [2.05, 4.69) is 4.52 Å². The van der Waals surface area contributed by atoms with Crippen LogP contribution < -0.4 is 9.42 Å². The van der Waals surface area contributed by atoms with Gasteiger partial charge in [-0.2, -0.15) is 0 Å². The standard InChI is InChI=1S/C8H10FO3P/c1-13(10,11)12-8-4-2-7(6-9)3-5-8/h2-5H,6H2,1H3,(H,10,11)/p-1. The molecule has 0 aliphatic carbocycles. The lowest BCUT2D eigenvalue weighted by Crippen LogP contribution is -2.04. The molecule has 1 unspecified atom stereocenters. The summed E-state index contributed by atoms with van der Waals surface area (Å²) in [7, 11) is -3.75. The van der Waals surface area contributed by atoms with Gasteiger partial charge < -0.3 is 9.42 Å². The molecule has 5 heteroatoms. The van der Waals surface area contributed by atoms with E-state index in [-0.39, 0.29) is 5.75 Å². The van der Waals surface area contributed by atoms with Crippen molar-refractivity contribution < 1.29 is 18.4 Å². The Morgan fingerprint density at radius 2 is 2.00 bits per heavy atom. The van der Waals surface area contributed by atoms with Crippen molar-refractivity contribution in [1.29, 1.82) is 0 Å². The van der Waals surface area contributed by atoms with Crippen LogP contribution in [-0.2, 0) is 11.2 Å². The zero-order chi connectivity index (χ0) is 9.90. The predicted octanol–water partition coefficient (Wildman–Crippen LogP) is 1.72. The van der Waals surface area contributed by atoms with Crippen LogP contribution in [0.5, 0.6) is 5.75 Å². The summed E-state index contributed by atoms with van der Waals surface area (Å²) >= 11 is 0. The molecule has 1 aromatic rings. The summed E-state index contributed by atoms with van der Waals surface area (Å²) in [6, 6.07) is 5.79. The number of hydrogen-bond donors (Lipinski definition) is 0. The lowest BCUT2D eigenvalue weighted by Gasteiger charge is -2.18. The third-order valence-corrected chi connectivity index (χ3v) is 1.89. The first-order valence-electron chi connectivity index (χ1n) is 3.64. The van der Waals surface area contributed by atoms with Crippen LogP contribution in [0, 0.1) is 0 Å². The van der Waals surface area contributed by atoms with Gasteiger partial charge in [0.1, 0.15) is 12.4 Å². The second kappa shape index (κ2) is 3.90. The molecule has 0 aliphatic rings. The molecule has 72 valence electrons. The molecule has 0 heterocycles. The van der Waals surface area contributed by atoms with E-state index in [4.69, 9.17) is 0 Å². The minimum Gasteiger partial charge on any atom is -0.769 e. The van der Waals surface area contributed by atoms with E-state index in [1.807, 2.05) is 0 Å². The van der Waals surface area contributed by atoms with Crippen LogP contribution in [0.15, 0.2) is 24.3 Å². The van der Waals surface area contributed by atoms with Gasteiger partial charge in [0.05, 0.1) is 0 Å². The van der Waals surface area contributed by atoms with Crippen molar-refractivity contribution in [3.05, 3.63) is 29.8 Å². The maximum atomic E-state index is 12.0. The molecule has 1 rings (SSSR count). The van der Waals surface area contributed by atoms with Crippen molar-refractivity contribution in [1.82, 2.24) is 0 Å². The van der Waals surface area contributed by atoms with E-state index >= 15 is 0 Å². The average molecular weight is 203 g/mol. The molecule has 0 bridgehead atoms. The maximum absolute atomic E-state index is 12.0. The summed E-state index contributed by atoms with van der Waals surface area (Å²) in [5.74, 6) is 0.207. The van der Waals surface area contributed by atoms with E-state index in [0.29, 0.717) is 5.56 Å². The molecular formula is C8H9FO3P-. The Bertz CT molecular complexity index is 317. The SMILES string of the molecule is CP(=O)([O-])Oc1ccc(CF)cc1. The van der Waals surface area contributed by atoms with Gasteiger partial charge in [0.2, 0.25) is 0 Å². The highest BCUT2D eigenvalue weighted by Crippen LogP contribution is 2.33. The van der Waals surface area contributed by atoms with Gasteiger partial charge in [-0.05, 0) is 17.7 Å². The second-order valence-corrected chi connectivity index (χ2v) is 4.37. The van der Waals surface area contributed by atoms with E-state index in [1.54, 1.807) is 0 Å². The Morgan fingerprint density at radius 1 is 1.46 bits per heavy atom. The van der Waals surface area contributed by atoms with Crippen LogP contribution in [0.1, 0.15) is 5.56 Å². The van der Waals surface area contributed by atoms with Crippen LogP contribution in [0.25, 0.3) is 0 Å². The molecule has 0 saturated carbocycles. The van der Waals surface area contributed by atoms with E-state index in [9.17, 15) is 13.8 Å². The first kappa shape index (κ1) is 10.2. The first-order chi connectivity index (χ1) is 6.01. The summed E-state index contributed by atoms with van der Waals surface area (Å²) in [5, 5.41) is 0. The van der Waals surface area contributed by atoms with Crippen molar-refractivity contribution in [2.75, 3.05) is 6.66 Å². The highest BCUT2D eigenvalue weighted by atomic mass is 31.2. The predicted molar refractivity (Wildman–Crippen MR) is 45.4 cm³/mol. The lowest BCUT2D eigenvalue weighted by molar-refractivity contribution is -0.188. The van der Waals surface area contributed by atoms with Gasteiger partial charge in [-0.25, -0.2) is 4.39 Å². The zero-order valence-electron chi connectivity index (χ0n) is 7.07. The van der Waals surface area contributed by atoms with Gasteiger partial charge in [-0.1, -0.05) is 12.1 Å². The molecule has 0 N–H and O–H groups in total. The minimum atomic E-state index is -3.75. The zero-order valence-corrected chi connectivity index (χ0v) is 7.96. The number of alkyl halides is 1. The average Bonchev–Trinajstić information content (AvgIpc) is 2.03. The molecule has 0 saturated heterocycles. The molecular weight excluding hydrogens is 194 g/mol. The Hall–Kier alpha value is -0.860. The number of benzene rings is 1. The number of halogens is 1. The van der Waals surface area contributed by atoms with Gasteiger partial charge in [-0.15, -0.1) is 0 Å². The summed E-state index contributed by atoms with van der Waals surface area (Å²) in [5.41, 5.74) is 0.490. The van der Waals surface area contributed by atoms with Crippen molar-refractivity contribution in [2.24, 2.45) is 0 Å². The quantitative estimate of drug-likeness (QED) is 0.702. The molecule has 1 aromatic carbocycles. The number of rotatable bonds is 3. The van der Waals surface area contributed by atoms with E-state index in [0.717, 1.165) is 6.66 Å². The fourth-order valence-electron chi connectivity index (χ4n) is 0.831. The van der Waals surface area contributed by atoms with Crippen molar-refractivity contribution in [2.45, 2.75) is 6.67 Å². The highest BCUT2D eigenvalue weighted by molar-refractivity contribution is 7.50. The third-order valence-electron chi connectivity index (χ3n) is 1.35. The highest BCUT2D eigenvalue weighted by Gasteiger charge is 2.01. The molecule has 0 aliphatic heterocycles. The largest absolute Gasteiger partial charge is 0.769 e. The van der Waals surface area contributed by atoms with Gasteiger partial charge in [-0.3, -0.25) is 4.57 Å². The molecule has 3 nitrogen and oxygen atoms in total. The smallest absolute Gasteiger partial charge is 0.181 e. The first-order valence-corrected chi connectivity index (χ1v) is 5.63. The molecule has 0 spiro atoms. The van der Waals surface area contributed by atoms with Crippen LogP contribution in [0.2, 0.25) is 0 Å². The molecule has 0 fully saturated rings. The van der Waals surface area contributed by atoms with Crippen molar-refractivity contribution in [3.8, 4) is 5.75 Å². The van der Waals surface area contributed by atoms with Gasteiger partial charge >= 0.3 is 0 Å². The molecule has 1 atom stereocenters.